The van der Waals surface area contributed by atoms with Crippen molar-refractivity contribution in [3.63, 3.8) is 0 Å². The lowest BCUT2D eigenvalue weighted by Crippen LogP contribution is -2.05. The Morgan fingerprint density at radius 3 is 2.60 bits per heavy atom. The summed E-state index contributed by atoms with van der Waals surface area (Å²) in [6.45, 7) is 6.19. The van der Waals surface area contributed by atoms with Gasteiger partial charge in [0, 0.05) is 30.4 Å². The maximum atomic E-state index is 11.1. The van der Waals surface area contributed by atoms with Crippen LogP contribution in [-0.4, -0.2) is 14.7 Å². The second-order valence-corrected chi connectivity index (χ2v) is 4.85. The summed E-state index contributed by atoms with van der Waals surface area (Å²) in [6, 6.07) is 5.28. The molecule has 20 heavy (non-hydrogen) atoms. The number of nitrogens with zero attached hydrogens (tertiary/aromatic N) is 3. The van der Waals surface area contributed by atoms with Crippen molar-refractivity contribution >= 4 is 11.4 Å². The Morgan fingerprint density at radius 2 is 2.05 bits per heavy atom. The quantitative estimate of drug-likeness (QED) is 0.687. The third-order valence-corrected chi connectivity index (χ3v) is 3.53. The standard InChI is InChI=1S/C14H18N4O2/c1-9-6-5-7-13(14(9)18(19)20)15-8-12-10(2)16-17(4)11(12)3/h5-7,15H,8H2,1-4H3. The molecule has 0 amide bonds. The van der Waals surface area contributed by atoms with Crippen molar-refractivity contribution in [1.82, 2.24) is 9.78 Å². The number of nitro benzene ring substituents is 1. The van der Waals surface area contributed by atoms with E-state index in [0.29, 0.717) is 17.8 Å². The summed E-state index contributed by atoms with van der Waals surface area (Å²) in [7, 11) is 1.89. The zero-order valence-electron chi connectivity index (χ0n) is 12.1. The highest BCUT2D eigenvalue weighted by atomic mass is 16.6. The molecule has 0 aliphatic heterocycles. The van der Waals surface area contributed by atoms with Gasteiger partial charge in [0.05, 0.1) is 10.6 Å². The topological polar surface area (TPSA) is 73.0 Å². The Balaban J connectivity index is 2.28. The molecule has 1 heterocycles. The van der Waals surface area contributed by atoms with Crippen molar-refractivity contribution in [1.29, 1.82) is 0 Å². The van der Waals surface area contributed by atoms with Crippen molar-refractivity contribution in [2.75, 3.05) is 5.32 Å². The maximum Gasteiger partial charge on any atom is 0.295 e. The molecule has 2 aromatic rings. The summed E-state index contributed by atoms with van der Waals surface area (Å²) >= 11 is 0. The van der Waals surface area contributed by atoms with Gasteiger partial charge in [0.25, 0.3) is 5.69 Å². The Morgan fingerprint density at radius 1 is 1.35 bits per heavy atom. The van der Waals surface area contributed by atoms with E-state index in [0.717, 1.165) is 17.0 Å². The Kier molecular flexibility index (Phi) is 3.74. The lowest BCUT2D eigenvalue weighted by Gasteiger charge is -2.09. The summed E-state index contributed by atoms with van der Waals surface area (Å²) in [6.07, 6.45) is 0. The molecule has 0 unspecified atom stereocenters. The van der Waals surface area contributed by atoms with Crippen LogP contribution in [0.3, 0.4) is 0 Å². The number of hydrogen-bond acceptors (Lipinski definition) is 4. The van der Waals surface area contributed by atoms with Gasteiger partial charge in [-0.2, -0.15) is 5.10 Å². The first kappa shape index (κ1) is 14.0. The van der Waals surface area contributed by atoms with E-state index in [1.54, 1.807) is 19.1 Å². The molecule has 1 N–H and O–H groups in total. The van der Waals surface area contributed by atoms with Crippen molar-refractivity contribution in [3.8, 4) is 0 Å². The summed E-state index contributed by atoms with van der Waals surface area (Å²) in [4.78, 5) is 10.8. The highest BCUT2D eigenvalue weighted by molar-refractivity contribution is 5.65. The van der Waals surface area contributed by atoms with E-state index in [2.05, 4.69) is 10.4 Å². The highest BCUT2D eigenvalue weighted by Gasteiger charge is 2.17. The first-order valence-electron chi connectivity index (χ1n) is 6.38. The molecule has 0 saturated carbocycles. The third kappa shape index (κ3) is 2.49. The molecule has 0 atom stereocenters. The average Bonchev–Trinajstić information content (AvgIpc) is 2.61. The predicted octanol–water partition coefficient (Wildman–Crippen LogP) is 2.87. The number of aryl methyl sites for hydroxylation is 3. The fraction of sp³-hybridized carbons (Fsp3) is 0.357. The van der Waals surface area contributed by atoms with Crippen molar-refractivity contribution in [2.45, 2.75) is 27.3 Å². The number of para-hydroxylation sites is 1. The van der Waals surface area contributed by atoms with Crippen LogP contribution in [0.5, 0.6) is 0 Å². The molecule has 0 saturated heterocycles. The highest BCUT2D eigenvalue weighted by Crippen LogP contribution is 2.28. The molecular formula is C14H18N4O2. The van der Waals surface area contributed by atoms with E-state index in [1.807, 2.05) is 31.6 Å². The Hall–Kier alpha value is -2.37. The van der Waals surface area contributed by atoms with Crippen LogP contribution < -0.4 is 5.32 Å². The normalized spacial score (nSPS) is 10.6. The zero-order valence-corrected chi connectivity index (χ0v) is 12.1. The zero-order chi connectivity index (χ0) is 14.9. The second kappa shape index (κ2) is 5.32. The fourth-order valence-corrected chi connectivity index (χ4v) is 2.30. The molecule has 6 nitrogen and oxygen atoms in total. The van der Waals surface area contributed by atoms with E-state index in [4.69, 9.17) is 0 Å². The number of hydrogen-bond donors (Lipinski definition) is 1. The van der Waals surface area contributed by atoms with Crippen LogP contribution in [0.2, 0.25) is 0 Å². The van der Waals surface area contributed by atoms with E-state index in [1.165, 1.54) is 0 Å². The molecule has 2 rings (SSSR count). The minimum Gasteiger partial charge on any atom is -0.375 e. The summed E-state index contributed by atoms with van der Waals surface area (Å²) in [5, 5.41) is 18.6. The maximum absolute atomic E-state index is 11.1. The van der Waals surface area contributed by atoms with E-state index >= 15 is 0 Å². The first-order valence-corrected chi connectivity index (χ1v) is 6.38. The molecule has 106 valence electrons. The SMILES string of the molecule is Cc1cccc(NCc2c(C)nn(C)c2C)c1[N+](=O)[O-]. The first-order chi connectivity index (χ1) is 9.41. The summed E-state index contributed by atoms with van der Waals surface area (Å²) in [5.41, 5.74) is 4.39. The van der Waals surface area contributed by atoms with Crippen LogP contribution in [0.15, 0.2) is 18.2 Å². The minimum absolute atomic E-state index is 0.131. The number of aromatic nitrogens is 2. The van der Waals surface area contributed by atoms with Crippen LogP contribution in [0.1, 0.15) is 22.5 Å². The molecule has 6 heteroatoms. The van der Waals surface area contributed by atoms with Gasteiger partial charge in [-0.25, -0.2) is 0 Å². The van der Waals surface area contributed by atoms with Gasteiger partial charge in [-0.05, 0) is 26.8 Å². The van der Waals surface area contributed by atoms with Crippen molar-refractivity contribution in [3.05, 3.63) is 50.8 Å². The van der Waals surface area contributed by atoms with Crippen LogP contribution in [-0.2, 0) is 13.6 Å². The Labute approximate surface area is 117 Å². The van der Waals surface area contributed by atoms with E-state index in [9.17, 15) is 10.1 Å². The van der Waals surface area contributed by atoms with Gasteiger partial charge in [0.2, 0.25) is 0 Å². The van der Waals surface area contributed by atoms with Crippen LogP contribution >= 0.6 is 0 Å². The molecule has 0 aliphatic rings. The summed E-state index contributed by atoms with van der Waals surface area (Å²) in [5.74, 6) is 0. The minimum atomic E-state index is -0.347. The van der Waals surface area contributed by atoms with Crippen LogP contribution in [0, 0.1) is 30.9 Å². The van der Waals surface area contributed by atoms with Gasteiger partial charge < -0.3 is 5.32 Å². The second-order valence-electron chi connectivity index (χ2n) is 4.85. The lowest BCUT2D eigenvalue weighted by molar-refractivity contribution is -0.384. The molecule has 1 aromatic heterocycles. The van der Waals surface area contributed by atoms with Gasteiger partial charge >= 0.3 is 0 Å². The smallest absolute Gasteiger partial charge is 0.295 e. The van der Waals surface area contributed by atoms with Gasteiger partial charge in [-0.15, -0.1) is 0 Å². The van der Waals surface area contributed by atoms with Crippen molar-refractivity contribution in [2.24, 2.45) is 7.05 Å². The fourth-order valence-electron chi connectivity index (χ4n) is 2.30. The summed E-state index contributed by atoms with van der Waals surface area (Å²) < 4.78 is 1.82. The van der Waals surface area contributed by atoms with E-state index < -0.39 is 0 Å². The molecule has 0 bridgehead atoms. The molecule has 0 radical (unpaired) electrons. The van der Waals surface area contributed by atoms with Gasteiger partial charge in [0.15, 0.2) is 0 Å². The molecule has 0 spiro atoms. The van der Waals surface area contributed by atoms with Gasteiger partial charge in [-0.3, -0.25) is 14.8 Å². The lowest BCUT2D eigenvalue weighted by atomic mass is 10.1. The number of nitro groups is 1. The number of nitrogens with one attached hydrogen (secondary N) is 1. The largest absolute Gasteiger partial charge is 0.375 e. The molecule has 0 aliphatic carbocycles. The van der Waals surface area contributed by atoms with Crippen LogP contribution in [0.25, 0.3) is 0 Å². The molecule has 0 fully saturated rings. The molecule has 1 aromatic carbocycles. The third-order valence-electron chi connectivity index (χ3n) is 3.53. The predicted molar refractivity (Wildman–Crippen MR) is 77.8 cm³/mol. The van der Waals surface area contributed by atoms with Gasteiger partial charge in [-0.1, -0.05) is 12.1 Å². The van der Waals surface area contributed by atoms with Gasteiger partial charge in [0.1, 0.15) is 5.69 Å². The van der Waals surface area contributed by atoms with Crippen molar-refractivity contribution < 1.29 is 4.92 Å². The van der Waals surface area contributed by atoms with Crippen LogP contribution in [0.4, 0.5) is 11.4 Å². The number of rotatable bonds is 4. The number of benzene rings is 1. The average molecular weight is 274 g/mol. The molecular weight excluding hydrogens is 256 g/mol. The Bertz CT molecular complexity index is 661. The van der Waals surface area contributed by atoms with E-state index in [-0.39, 0.29) is 10.6 Å². The number of anilines is 1. The monoisotopic (exact) mass is 274 g/mol.